The second kappa shape index (κ2) is 25.9. The van der Waals surface area contributed by atoms with Gasteiger partial charge in [0.2, 0.25) is 0 Å². The molecule has 0 aromatic carbocycles. The van der Waals surface area contributed by atoms with Gasteiger partial charge in [0.25, 0.3) is 5.97 Å². The molecule has 0 amide bonds. The Balaban J connectivity index is -0.000000563. The summed E-state index contributed by atoms with van der Waals surface area (Å²) in [6.45, 7) is 20.8. The van der Waals surface area contributed by atoms with E-state index in [1.54, 1.807) is 18.6 Å². The van der Waals surface area contributed by atoms with Crippen LogP contribution in [0.3, 0.4) is 0 Å². The Morgan fingerprint density at radius 1 is 1.11 bits per heavy atom. The first kappa shape index (κ1) is 39.8. The molecule has 35 heavy (non-hydrogen) atoms. The summed E-state index contributed by atoms with van der Waals surface area (Å²) in [7, 11) is 0. The summed E-state index contributed by atoms with van der Waals surface area (Å²) in [5.41, 5.74) is 1.91. The molecule has 4 nitrogen and oxygen atoms in total. The van der Waals surface area contributed by atoms with E-state index in [2.05, 4.69) is 32.1 Å². The molecule has 0 unspecified atom stereocenters. The molecule has 0 aromatic rings. The summed E-state index contributed by atoms with van der Waals surface area (Å²) < 4.78 is 17.7. The number of halogens is 1. The standard InChI is InChI=1S/C14H22INOS.C13H25O2.CH3.Li/c1-4-6-7-8-10-17-14-13(12(3)9-5-2)16-18-11-15-14;1-5-6-7-8-9-10-12(14)15-11-13(2,3)4;;/h9H,2-8,10-11H2,1H3;11H,5-10H2,1-4H3;1H3;/q-2;2*-1;+1/b12-9+;;;. The Kier molecular flexibility index (Phi) is 29.4. The largest absolute Gasteiger partial charge is 1.00 e. The van der Waals surface area contributed by atoms with Crippen molar-refractivity contribution < 1.29 is 33.1 Å². The second-order valence-corrected chi connectivity index (χ2v) is 13.4. The minimum atomic E-state index is -0.0959. The van der Waals surface area contributed by atoms with Crippen LogP contribution in [0, 0.1) is 33.3 Å². The van der Waals surface area contributed by atoms with Gasteiger partial charge in [-0.15, -0.1) is 5.41 Å². The number of rotatable bonds is 15. The van der Waals surface area contributed by atoms with Crippen molar-refractivity contribution in [3.05, 3.63) is 39.5 Å². The molecule has 0 aromatic heterocycles. The molecule has 0 atom stereocenters. The monoisotopic (exact) mass is 614 g/mol. The summed E-state index contributed by atoms with van der Waals surface area (Å²) in [5.74, 6) is -0.0959. The van der Waals surface area contributed by atoms with Crippen molar-refractivity contribution in [3.63, 3.8) is 0 Å². The maximum absolute atomic E-state index is 11.3. The zero-order valence-electron chi connectivity index (χ0n) is 23.7. The Hall–Kier alpha value is 0.257. The fourth-order valence-corrected chi connectivity index (χ4v) is 6.33. The van der Waals surface area contributed by atoms with Crippen molar-refractivity contribution in [2.45, 2.75) is 105 Å². The molecule has 0 spiro atoms. The van der Waals surface area contributed by atoms with Gasteiger partial charge in [0.15, 0.2) is 0 Å². The van der Waals surface area contributed by atoms with E-state index in [9.17, 15) is 4.79 Å². The molecule has 1 rings (SSSR count). The third kappa shape index (κ3) is 24.4. The van der Waals surface area contributed by atoms with E-state index in [0.29, 0.717) is 6.42 Å². The summed E-state index contributed by atoms with van der Waals surface area (Å²) in [6.07, 6.45) is 14.1. The van der Waals surface area contributed by atoms with Crippen LogP contribution in [0.4, 0.5) is 0 Å². The number of esters is 1. The first-order chi connectivity index (χ1) is 15.7. The van der Waals surface area contributed by atoms with E-state index in [0.717, 1.165) is 51.0 Å². The molecule has 0 fully saturated rings. The Labute approximate surface area is 244 Å². The van der Waals surface area contributed by atoms with Crippen molar-refractivity contribution in [1.29, 1.82) is 0 Å². The number of nitrogens with zero attached hydrogens (tertiary/aromatic N) is 1. The van der Waals surface area contributed by atoms with Gasteiger partial charge < -0.3 is 23.8 Å². The van der Waals surface area contributed by atoms with Crippen LogP contribution in [-0.2, 0) is 14.3 Å². The minimum absolute atomic E-state index is 0. The van der Waals surface area contributed by atoms with Crippen LogP contribution in [0.1, 0.15) is 105 Å². The van der Waals surface area contributed by atoms with Gasteiger partial charge in [0.1, 0.15) is 0 Å². The number of carbonyl (C=O) groups excluding carboxylic acids is 1. The molecule has 0 saturated carbocycles. The van der Waals surface area contributed by atoms with Crippen LogP contribution in [0.15, 0.2) is 16.0 Å². The number of hydrogen-bond acceptors (Lipinski definition) is 5. The predicted molar refractivity (Wildman–Crippen MR) is 162 cm³/mol. The van der Waals surface area contributed by atoms with Crippen molar-refractivity contribution >= 4 is 48.1 Å². The van der Waals surface area contributed by atoms with Crippen LogP contribution in [0.25, 0.3) is 0 Å². The molecule has 1 heterocycles. The molecule has 0 radical (unpaired) electrons. The van der Waals surface area contributed by atoms with Gasteiger partial charge in [-0.2, -0.15) is 19.1 Å². The third-order valence-electron chi connectivity index (χ3n) is 4.52. The smallest absolute Gasteiger partial charge is 0.637 e. The molecular weight excluding hydrogens is 564 g/mol. The fourth-order valence-electron chi connectivity index (χ4n) is 2.69. The molecule has 0 N–H and O–H groups in total. The van der Waals surface area contributed by atoms with Gasteiger partial charge in [0, 0.05) is 12.1 Å². The summed E-state index contributed by atoms with van der Waals surface area (Å²) in [4.78, 5) is 11.3. The van der Waals surface area contributed by atoms with E-state index in [4.69, 9.17) is 9.47 Å². The first-order valence-electron chi connectivity index (χ1n) is 12.4. The van der Waals surface area contributed by atoms with E-state index in [1.807, 2.05) is 26.8 Å². The Bertz CT molecular complexity index is 616. The van der Waals surface area contributed by atoms with Crippen LogP contribution in [0.2, 0.25) is 0 Å². The molecule has 1 aliphatic rings. The number of allylic oxidation sites excluding steroid dienone is 1. The maximum Gasteiger partial charge on any atom is 1.00 e. The minimum Gasteiger partial charge on any atom is -0.637 e. The van der Waals surface area contributed by atoms with Crippen LogP contribution in [0.5, 0.6) is 0 Å². The van der Waals surface area contributed by atoms with Crippen LogP contribution >= 0.6 is 32.7 Å². The number of hydrogen-bond donors (Lipinski definition) is 0. The summed E-state index contributed by atoms with van der Waals surface area (Å²) in [5, 5.41) is 0. The van der Waals surface area contributed by atoms with Crippen LogP contribution in [-0.4, -0.2) is 25.7 Å². The Morgan fingerprint density at radius 2 is 1.71 bits per heavy atom. The first-order valence-corrected chi connectivity index (χ1v) is 15.9. The van der Waals surface area contributed by atoms with E-state index in [1.165, 1.54) is 38.5 Å². The van der Waals surface area contributed by atoms with Gasteiger partial charge in [-0.25, -0.2) is 12.5 Å². The molecule has 202 valence electrons. The number of alkyl halides is 1. The van der Waals surface area contributed by atoms with Crippen LogP contribution < -0.4 is 18.9 Å². The van der Waals surface area contributed by atoms with E-state index >= 15 is 0 Å². The number of carbonyl (C=O) groups is 1. The van der Waals surface area contributed by atoms with Gasteiger partial charge in [-0.05, 0) is 24.8 Å². The zero-order valence-corrected chi connectivity index (χ0v) is 26.7. The zero-order chi connectivity index (χ0) is 25.0. The molecule has 1 aliphatic heterocycles. The predicted octanol–water partition coefficient (Wildman–Crippen LogP) is 6.28. The Morgan fingerprint density at radius 3 is 2.29 bits per heavy atom. The van der Waals surface area contributed by atoms with Crippen molar-refractivity contribution in [1.82, 2.24) is 0 Å². The summed E-state index contributed by atoms with van der Waals surface area (Å²) >= 11 is 1.61. The average molecular weight is 615 g/mol. The maximum atomic E-state index is 11.3. The van der Waals surface area contributed by atoms with Crippen molar-refractivity contribution in [2.24, 2.45) is 9.81 Å². The number of ether oxygens (including phenoxy) is 2. The molecule has 0 saturated heterocycles. The molecule has 0 aliphatic carbocycles. The molecule has 7 heteroatoms. The normalized spacial score (nSPS) is 13.6. The quantitative estimate of drug-likeness (QED) is 0.0415. The van der Waals surface area contributed by atoms with Crippen molar-refractivity contribution in [3.8, 4) is 0 Å². The molecule has 0 bridgehead atoms. The van der Waals surface area contributed by atoms with Gasteiger partial charge in [-0.1, -0.05) is 100 Å². The fraction of sp³-hybridized carbons (Fsp3) is 0.679. The van der Waals surface area contributed by atoms with Gasteiger partial charge >= 0.3 is 18.9 Å². The SMILES string of the molecule is CCCCCCCC(=O)O[CH-]C(C)(C)C.[CH2-]C/C=C(\[CH2-])C1=NSCI=C1OCCCCCC.[CH3-].[Li+]. The average Bonchev–Trinajstić information content (AvgIpc) is 2.78. The topological polar surface area (TPSA) is 47.9 Å². The van der Waals surface area contributed by atoms with Gasteiger partial charge in [0.05, 0.1) is 14.1 Å². The summed E-state index contributed by atoms with van der Waals surface area (Å²) in [6, 6.07) is 0. The second-order valence-electron chi connectivity index (χ2n) is 9.15. The number of unbranched alkanes of at least 4 members (excludes halogenated alkanes) is 7. The third-order valence-corrected chi connectivity index (χ3v) is 8.32. The van der Waals surface area contributed by atoms with Gasteiger partial charge in [-0.3, -0.25) is 9.19 Å². The van der Waals surface area contributed by atoms with Crippen molar-refractivity contribution in [2.75, 3.05) is 10.4 Å². The van der Waals surface area contributed by atoms with E-state index < -0.39 is 0 Å². The van der Waals surface area contributed by atoms with E-state index in [-0.39, 0.29) is 58.4 Å². The molecular formula is C28H50ILiNO3S-3.